The third-order valence-electron chi connectivity index (χ3n) is 3.14. The molecule has 2 rings (SSSR count). The van der Waals surface area contributed by atoms with Crippen molar-refractivity contribution in [3.63, 3.8) is 0 Å². The van der Waals surface area contributed by atoms with Crippen LogP contribution in [-0.2, 0) is 5.41 Å². The molecule has 2 aromatic rings. The van der Waals surface area contributed by atoms with Gasteiger partial charge in [0.1, 0.15) is 11.4 Å². The highest BCUT2D eigenvalue weighted by molar-refractivity contribution is 9.10. The quantitative estimate of drug-likeness (QED) is 0.616. The number of nitrogens with one attached hydrogen (secondary N) is 1. The fourth-order valence-electron chi connectivity index (χ4n) is 1.98. The number of hydrogen-bond donors (Lipinski definition) is 1. The number of rotatable bonds is 4. The molecular weight excluding hydrogens is 392 g/mol. The molecule has 0 aliphatic rings. The zero-order valence-electron chi connectivity index (χ0n) is 14.0. The molecule has 0 unspecified atom stereocenters. The average molecular weight is 411 g/mol. The monoisotopic (exact) mass is 410 g/mol. The van der Waals surface area contributed by atoms with E-state index in [0.717, 1.165) is 20.5 Å². The van der Waals surface area contributed by atoms with Crippen molar-refractivity contribution in [3.05, 3.63) is 49.1 Å². The highest BCUT2D eigenvalue weighted by Crippen LogP contribution is 2.25. The first-order valence-electron chi connectivity index (χ1n) is 7.43. The number of H-pyrrole nitrogens is 1. The second-order valence-electron chi connectivity index (χ2n) is 6.11. The maximum atomic E-state index is 12.5. The second-order valence-corrected chi connectivity index (χ2v) is 7.35. The molecule has 0 aliphatic carbocycles. The number of aromatic nitrogens is 3. The predicted molar refractivity (Wildman–Crippen MR) is 101 cm³/mol. The molecule has 0 saturated carbocycles. The molecule has 6 nitrogen and oxygen atoms in total. The minimum atomic E-state index is -0.407. The van der Waals surface area contributed by atoms with Gasteiger partial charge in [0.15, 0.2) is 0 Å². The molecule has 1 heterocycles. The number of nitrogens with zero attached hydrogens (tertiary/aromatic N) is 3. The van der Waals surface area contributed by atoms with Crippen LogP contribution in [0.3, 0.4) is 0 Å². The first kappa shape index (κ1) is 18.5. The van der Waals surface area contributed by atoms with Gasteiger partial charge in [-0.25, -0.2) is 0 Å². The van der Waals surface area contributed by atoms with E-state index in [1.54, 1.807) is 6.21 Å². The molecule has 0 spiro atoms. The summed E-state index contributed by atoms with van der Waals surface area (Å²) < 4.78 is 7.58. The molecule has 0 saturated heterocycles. The summed E-state index contributed by atoms with van der Waals surface area (Å²) in [5.74, 6) is 0.753. The molecule has 24 heavy (non-hydrogen) atoms. The molecule has 128 valence electrons. The second kappa shape index (κ2) is 7.40. The Morgan fingerprint density at radius 1 is 1.46 bits per heavy atom. The summed E-state index contributed by atoms with van der Waals surface area (Å²) in [6, 6.07) is 5.55. The van der Waals surface area contributed by atoms with Crippen molar-refractivity contribution in [3.8, 4) is 5.75 Å². The Labute approximate surface area is 153 Å². The van der Waals surface area contributed by atoms with E-state index in [9.17, 15) is 4.79 Å². The summed E-state index contributed by atoms with van der Waals surface area (Å²) in [5.41, 5.74) is 0.449. The number of hydrogen-bond acceptors (Lipinski definition) is 5. The van der Waals surface area contributed by atoms with E-state index in [-0.39, 0.29) is 10.3 Å². The van der Waals surface area contributed by atoms with Crippen LogP contribution in [0.1, 0.15) is 39.0 Å². The molecule has 8 heteroatoms. The largest absolute Gasteiger partial charge is 0.493 e. The van der Waals surface area contributed by atoms with Gasteiger partial charge in [0, 0.05) is 5.41 Å². The average Bonchev–Trinajstić information content (AvgIpc) is 2.48. The summed E-state index contributed by atoms with van der Waals surface area (Å²) in [7, 11) is 0. The van der Waals surface area contributed by atoms with Crippen LogP contribution in [0, 0.1) is 4.77 Å². The van der Waals surface area contributed by atoms with Gasteiger partial charge in [-0.3, -0.25) is 9.89 Å². The van der Waals surface area contributed by atoms with E-state index in [2.05, 4.69) is 31.2 Å². The van der Waals surface area contributed by atoms with Crippen LogP contribution in [0.25, 0.3) is 0 Å². The smallest absolute Gasteiger partial charge is 0.297 e. The van der Waals surface area contributed by atoms with Crippen molar-refractivity contribution in [1.29, 1.82) is 0 Å². The zero-order chi connectivity index (χ0) is 17.9. The Bertz CT molecular complexity index is 881. The first-order chi connectivity index (χ1) is 11.2. The van der Waals surface area contributed by atoms with Gasteiger partial charge in [-0.1, -0.05) is 20.8 Å². The van der Waals surface area contributed by atoms with Crippen molar-refractivity contribution in [2.75, 3.05) is 6.61 Å². The Balaban J connectivity index is 2.41. The van der Waals surface area contributed by atoms with E-state index in [1.807, 2.05) is 45.9 Å². The Hall–Kier alpha value is -1.80. The zero-order valence-corrected chi connectivity index (χ0v) is 16.4. The lowest BCUT2D eigenvalue weighted by Gasteiger charge is -2.16. The minimum absolute atomic E-state index is 0.147. The SMILES string of the molecule is CCOc1ccc(/C=N\n2c(=S)[nH]nc(C(C)(C)C)c2=O)cc1Br. The van der Waals surface area contributed by atoms with Crippen LogP contribution >= 0.6 is 28.1 Å². The maximum absolute atomic E-state index is 12.5. The Morgan fingerprint density at radius 3 is 2.75 bits per heavy atom. The summed E-state index contributed by atoms with van der Waals surface area (Å²) >= 11 is 8.57. The van der Waals surface area contributed by atoms with Crippen LogP contribution < -0.4 is 10.3 Å². The van der Waals surface area contributed by atoms with Crippen molar-refractivity contribution < 1.29 is 4.74 Å². The molecule has 0 aliphatic heterocycles. The van der Waals surface area contributed by atoms with Crippen LogP contribution in [0.15, 0.2) is 32.6 Å². The van der Waals surface area contributed by atoms with E-state index in [1.165, 1.54) is 0 Å². The van der Waals surface area contributed by atoms with Crippen molar-refractivity contribution in [2.45, 2.75) is 33.1 Å². The number of benzene rings is 1. The van der Waals surface area contributed by atoms with Crippen molar-refractivity contribution in [1.82, 2.24) is 14.9 Å². The van der Waals surface area contributed by atoms with E-state index < -0.39 is 5.41 Å². The summed E-state index contributed by atoms with van der Waals surface area (Å²) in [6.07, 6.45) is 1.57. The lowest BCUT2D eigenvalue weighted by atomic mass is 9.93. The molecule has 0 amide bonds. The molecule has 0 bridgehead atoms. The number of aromatic amines is 1. The van der Waals surface area contributed by atoms with Gasteiger partial charge in [-0.2, -0.15) is 14.9 Å². The minimum Gasteiger partial charge on any atom is -0.493 e. The van der Waals surface area contributed by atoms with E-state index in [0.29, 0.717) is 12.3 Å². The number of ether oxygens (including phenoxy) is 1. The van der Waals surface area contributed by atoms with Gasteiger partial charge in [-0.15, -0.1) is 0 Å². The normalized spacial score (nSPS) is 11.9. The lowest BCUT2D eigenvalue weighted by Crippen LogP contribution is -2.32. The Kier molecular flexibility index (Phi) is 5.71. The highest BCUT2D eigenvalue weighted by atomic mass is 79.9. The van der Waals surface area contributed by atoms with Gasteiger partial charge in [-0.05, 0) is 58.8 Å². The maximum Gasteiger partial charge on any atom is 0.297 e. The molecule has 1 aromatic heterocycles. The predicted octanol–water partition coefficient (Wildman–Crippen LogP) is 3.64. The van der Waals surface area contributed by atoms with Gasteiger partial charge in [0.25, 0.3) is 5.56 Å². The molecular formula is C16H19BrN4O2S. The Morgan fingerprint density at radius 2 is 2.17 bits per heavy atom. The summed E-state index contributed by atoms with van der Waals surface area (Å²) in [4.78, 5) is 12.5. The van der Waals surface area contributed by atoms with E-state index >= 15 is 0 Å². The molecule has 1 N–H and O–H groups in total. The van der Waals surface area contributed by atoms with Crippen LogP contribution in [0.5, 0.6) is 5.75 Å². The van der Waals surface area contributed by atoms with Gasteiger partial charge >= 0.3 is 0 Å². The third kappa shape index (κ3) is 4.18. The summed E-state index contributed by atoms with van der Waals surface area (Å²) in [5, 5.41) is 10.9. The topological polar surface area (TPSA) is 72.3 Å². The number of halogens is 1. The van der Waals surface area contributed by atoms with Gasteiger partial charge < -0.3 is 4.74 Å². The van der Waals surface area contributed by atoms with Crippen LogP contribution in [0.4, 0.5) is 0 Å². The lowest BCUT2D eigenvalue weighted by molar-refractivity contribution is 0.338. The summed E-state index contributed by atoms with van der Waals surface area (Å²) in [6.45, 7) is 8.23. The highest BCUT2D eigenvalue weighted by Gasteiger charge is 2.21. The molecule has 0 radical (unpaired) electrons. The van der Waals surface area contributed by atoms with Crippen molar-refractivity contribution in [2.24, 2.45) is 5.10 Å². The van der Waals surface area contributed by atoms with Crippen LogP contribution in [0.2, 0.25) is 0 Å². The van der Waals surface area contributed by atoms with Gasteiger partial charge in [0.2, 0.25) is 4.77 Å². The fraction of sp³-hybridized carbons (Fsp3) is 0.375. The van der Waals surface area contributed by atoms with Gasteiger partial charge in [0.05, 0.1) is 17.3 Å². The van der Waals surface area contributed by atoms with E-state index in [4.69, 9.17) is 17.0 Å². The molecule has 0 fully saturated rings. The van der Waals surface area contributed by atoms with Crippen molar-refractivity contribution >= 4 is 34.4 Å². The molecule has 0 atom stereocenters. The standard InChI is InChI=1S/C16H19BrN4O2S/c1-5-23-12-7-6-10(8-11(12)17)9-18-21-14(22)13(16(2,3)4)19-20-15(21)24/h6-9H,5H2,1-4H3,(H,20,24)/b18-9-. The molecule has 1 aromatic carbocycles. The first-order valence-corrected chi connectivity index (χ1v) is 8.63. The third-order valence-corrected chi connectivity index (χ3v) is 4.02. The fourth-order valence-corrected chi connectivity index (χ4v) is 2.67. The van der Waals surface area contributed by atoms with Crippen LogP contribution in [-0.4, -0.2) is 27.7 Å².